The Balaban J connectivity index is 2.21. The van der Waals surface area contributed by atoms with Gasteiger partial charge in [-0.3, -0.25) is 0 Å². The summed E-state index contributed by atoms with van der Waals surface area (Å²) in [6.45, 7) is 7.50. The molecule has 0 unspecified atom stereocenters. The number of nitrogens with zero attached hydrogens (tertiary/aromatic N) is 2. The van der Waals surface area contributed by atoms with Crippen LogP contribution in [0.2, 0.25) is 0 Å². The average Bonchev–Trinajstić information content (AvgIpc) is 2.59. The monoisotopic (exact) mass is 223 g/mol. The maximum atomic E-state index is 8.81. The summed E-state index contributed by atoms with van der Waals surface area (Å²) in [7, 11) is 0. The zero-order valence-corrected chi connectivity index (χ0v) is 10.3. The normalized spacial score (nSPS) is 11.3. The van der Waals surface area contributed by atoms with Crippen molar-refractivity contribution in [2.45, 2.75) is 27.2 Å². The number of rotatable bonds is 5. The molecule has 15 heavy (non-hydrogen) atoms. The molecule has 1 heterocycles. The summed E-state index contributed by atoms with van der Waals surface area (Å²) in [5, 5.41) is 15.3. The molecule has 0 aromatic carbocycles. The van der Waals surface area contributed by atoms with Gasteiger partial charge in [-0.2, -0.15) is 5.26 Å². The van der Waals surface area contributed by atoms with Crippen LogP contribution in [0.15, 0.2) is 5.38 Å². The Morgan fingerprint density at radius 1 is 1.60 bits per heavy atom. The van der Waals surface area contributed by atoms with Gasteiger partial charge in [0, 0.05) is 24.9 Å². The Labute approximate surface area is 95.2 Å². The van der Waals surface area contributed by atoms with E-state index in [0.29, 0.717) is 0 Å². The number of nitrogens with one attached hydrogen (secondary N) is 1. The van der Waals surface area contributed by atoms with E-state index >= 15 is 0 Å². The molecule has 0 saturated heterocycles. The summed E-state index contributed by atoms with van der Waals surface area (Å²) < 4.78 is 0. The maximum Gasteiger partial charge on any atom is 0.0897 e. The van der Waals surface area contributed by atoms with Crippen molar-refractivity contribution in [3.05, 3.63) is 16.1 Å². The van der Waals surface area contributed by atoms with E-state index in [1.54, 1.807) is 11.3 Å². The van der Waals surface area contributed by atoms with E-state index in [2.05, 4.69) is 21.8 Å². The lowest BCUT2D eigenvalue weighted by molar-refractivity contribution is 0.447. The van der Waals surface area contributed by atoms with Gasteiger partial charge in [-0.1, -0.05) is 0 Å². The van der Waals surface area contributed by atoms with Crippen LogP contribution in [-0.4, -0.2) is 18.1 Å². The van der Waals surface area contributed by atoms with Crippen molar-refractivity contribution >= 4 is 11.3 Å². The van der Waals surface area contributed by atoms with Crippen molar-refractivity contribution < 1.29 is 0 Å². The summed E-state index contributed by atoms with van der Waals surface area (Å²) in [6, 6.07) is 2.27. The Morgan fingerprint density at radius 2 is 2.33 bits per heavy atom. The molecule has 1 aromatic heterocycles. The van der Waals surface area contributed by atoms with Gasteiger partial charge in [0.15, 0.2) is 0 Å². The first-order valence-electron chi connectivity index (χ1n) is 5.06. The van der Waals surface area contributed by atoms with Crippen molar-refractivity contribution in [3.8, 4) is 6.07 Å². The Bertz CT molecular complexity index is 349. The highest BCUT2D eigenvalue weighted by Gasteiger charge is 2.15. The summed E-state index contributed by atoms with van der Waals surface area (Å²) in [6.07, 6.45) is 0.936. The van der Waals surface area contributed by atoms with Crippen LogP contribution < -0.4 is 5.32 Å². The van der Waals surface area contributed by atoms with Crippen LogP contribution in [0.25, 0.3) is 0 Å². The van der Waals surface area contributed by atoms with E-state index in [0.717, 1.165) is 30.2 Å². The van der Waals surface area contributed by atoms with Gasteiger partial charge in [0.2, 0.25) is 0 Å². The number of thiazole rings is 1. The largest absolute Gasteiger partial charge is 0.315 e. The first-order chi connectivity index (χ1) is 7.03. The minimum Gasteiger partial charge on any atom is -0.315 e. The van der Waals surface area contributed by atoms with Crippen molar-refractivity contribution in [2.24, 2.45) is 5.41 Å². The van der Waals surface area contributed by atoms with Crippen molar-refractivity contribution in [3.63, 3.8) is 0 Å². The van der Waals surface area contributed by atoms with Crippen LogP contribution in [0.1, 0.15) is 24.5 Å². The van der Waals surface area contributed by atoms with Gasteiger partial charge in [0.05, 0.1) is 22.2 Å². The second kappa shape index (κ2) is 5.24. The molecule has 0 saturated carbocycles. The van der Waals surface area contributed by atoms with Crippen LogP contribution in [0.5, 0.6) is 0 Å². The van der Waals surface area contributed by atoms with Crippen LogP contribution in [0, 0.1) is 23.7 Å². The molecule has 0 spiro atoms. The van der Waals surface area contributed by atoms with Crippen LogP contribution in [0.3, 0.4) is 0 Å². The zero-order chi connectivity index (χ0) is 11.3. The van der Waals surface area contributed by atoms with Gasteiger partial charge in [0.1, 0.15) is 0 Å². The van der Waals surface area contributed by atoms with Gasteiger partial charge in [-0.25, -0.2) is 4.98 Å². The molecule has 0 radical (unpaired) electrons. The molecule has 82 valence electrons. The highest BCUT2D eigenvalue weighted by Crippen LogP contribution is 2.11. The van der Waals surface area contributed by atoms with E-state index in [9.17, 15) is 0 Å². The fourth-order valence-corrected chi connectivity index (χ4v) is 1.83. The molecule has 1 rings (SSSR count). The van der Waals surface area contributed by atoms with E-state index in [4.69, 9.17) is 5.26 Å². The lowest BCUT2D eigenvalue weighted by atomic mass is 9.96. The van der Waals surface area contributed by atoms with Gasteiger partial charge in [0.25, 0.3) is 0 Å². The summed E-state index contributed by atoms with van der Waals surface area (Å²) in [4.78, 5) is 4.38. The molecule has 0 aliphatic heterocycles. The quantitative estimate of drug-likeness (QED) is 0.778. The van der Waals surface area contributed by atoms with Gasteiger partial charge >= 0.3 is 0 Å². The third-order valence-electron chi connectivity index (χ3n) is 2.09. The SMILES string of the molecule is Cc1nc(CCNCC(C)(C)C#N)cs1. The van der Waals surface area contributed by atoms with Gasteiger partial charge in [-0.05, 0) is 20.8 Å². The summed E-state index contributed by atoms with van der Waals surface area (Å²) >= 11 is 1.68. The minimum absolute atomic E-state index is 0.280. The smallest absolute Gasteiger partial charge is 0.0897 e. The molecular formula is C11H17N3S. The van der Waals surface area contributed by atoms with Crippen LogP contribution in [-0.2, 0) is 6.42 Å². The van der Waals surface area contributed by atoms with Crippen molar-refractivity contribution in [2.75, 3.05) is 13.1 Å². The Kier molecular flexibility index (Phi) is 4.25. The highest BCUT2D eigenvalue weighted by atomic mass is 32.1. The number of hydrogen-bond donors (Lipinski definition) is 1. The lowest BCUT2D eigenvalue weighted by Crippen LogP contribution is -2.29. The first kappa shape index (κ1) is 12.2. The lowest BCUT2D eigenvalue weighted by Gasteiger charge is -2.15. The minimum atomic E-state index is -0.280. The molecule has 4 heteroatoms. The van der Waals surface area contributed by atoms with E-state index < -0.39 is 0 Å². The maximum absolute atomic E-state index is 8.81. The van der Waals surface area contributed by atoms with Crippen LogP contribution >= 0.6 is 11.3 Å². The van der Waals surface area contributed by atoms with Crippen LogP contribution in [0.4, 0.5) is 0 Å². The van der Waals surface area contributed by atoms with E-state index in [1.807, 2.05) is 20.8 Å². The van der Waals surface area contributed by atoms with E-state index in [-0.39, 0.29) is 5.41 Å². The molecule has 0 atom stereocenters. The zero-order valence-electron chi connectivity index (χ0n) is 9.50. The molecular weight excluding hydrogens is 206 g/mol. The van der Waals surface area contributed by atoms with Crippen molar-refractivity contribution in [1.82, 2.24) is 10.3 Å². The predicted octanol–water partition coefficient (Wildman–Crippen LogP) is 2.13. The molecule has 1 aromatic rings. The highest BCUT2D eigenvalue weighted by molar-refractivity contribution is 7.09. The van der Waals surface area contributed by atoms with Gasteiger partial charge < -0.3 is 5.32 Å². The fraction of sp³-hybridized carbons (Fsp3) is 0.636. The van der Waals surface area contributed by atoms with Crippen molar-refractivity contribution in [1.29, 1.82) is 5.26 Å². The molecule has 0 aliphatic rings. The third kappa shape index (κ3) is 4.41. The topological polar surface area (TPSA) is 48.7 Å². The standard InChI is InChI=1S/C11H17N3S/c1-9-14-10(6-15-9)4-5-13-8-11(2,3)7-12/h6,13H,4-5,8H2,1-3H3. The molecule has 1 N–H and O–H groups in total. The average molecular weight is 223 g/mol. The molecule has 0 aliphatic carbocycles. The summed E-state index contributed by atoms with van der Waals surface area (Å²) in [5.74, 6) is 0. The second-order valence-electron chi connectivity index (χ2n) is 4.28. The third-order valence-corrected chi connectivity index (χ3v) is 2.92. The molecule has 0 amide bonds. The van der Waals surface area contributed by atoms with Gasteiger partial charge in [-0.15, -0.1) is 11.3 Å². The Morgan fingerprint density at radius 3 is 2.87 bits per heavy atom. The summed E-state index contributed by atoms with van der Waals surface area (Å²) in [5.41, 5.74) is 0.859. The number of nitriles is 1. The number of hydrogen-bond acceptors (Lipinski definition) is 4. The predicted molar refractivity (Wildman–Crippen MR) is 62.8 cm³/mol. The molecule has 0 bridgehead atoms. The molecule has 3 nitrogen and oxygen atoms in total. The fourth-order valence-electron chi connectivity index (χ4n) is 1.18. The van der Waals surface area contributed by atoms with E-state index in [1.165, 1.54) is 0 Å². The number of aryl methyl sites for hydroxylation is 1. The number of aromatic nitrogens is 1. The molecule has 0 fully saturated rings. The Hall–Kier alpha value is -0.920. The second-order valence-corrected chi connectivity index (χ2v) is 5.34. The first-order valence-corrected chi connectivity index (χ1v) is 5.94.